The molecule has 0 spiro atoms. The molecule has 4 rings (SSSR count). The number of benzene rings is 2. The molecule has 0 saturated heterocycles. The lowest BCUT2D eigenvalue weighted by Gasteiger charge is -2.08. The monoisotopic (exact) mass is 323 g/mol. The molecule has 4 nitrogen and oxygen atoms in total. The quantitative estimate of drug-likeness (QED) is 0.567. The van der Waals surface area contributed by atoms with Crippen LogP contribution in [-0.4, -0.2) is 21.6 Å². The molecule has 0 saturated carbocycles. The Kier molecular flexibility index (Phi) is 3.60. The molecule has 0 aliphatic carbocycles. The molecule has 0 radical (unpaired) electrons. The molecule has 5 heteroatoms. The predicted molar refractivity (Wildman–Crippen MR) is 92.0 cm³/mol. The van der Waals surface area contributed by atoms with Crippen molar-refractivity contribution in [3.63, 3.8) is 0 Å². The number of rotatable bonds is 4. The molecule has 2 heterocycles. The number of H-pyrrole nitrogens is 1. The first kappa shape index (κ1) is 14.0. The maximum atomic E-state index is 5.97. The van der Waals surface area contributed by atoms with Crippen molar-refractivity contribution in [2.24, 2.45) is 0 Å². The fourth-order valence-corrected chi connectivity index (χ4v) is 2.89. The molecule has 0 atom stereocenters. The van der Waals surface area contributed by atoms with Crippen LogP contribution in [0.5, 0.6) is 5.88 Å². The number of hydrogen-bond donors (Lipinski definition) is 1. The van der Waals surface area contributed by atoms with Gasteiger partial charge in [0.2, 0.25) is 11.2 Å². The number of fused-ring (bicyclic) bond motifs is 2. The van der Waals surface area contributed by atoms with E-state index in [4.69, 9.17) is 16.3 Å². The Hall–Kier alpha value is -2.59. The molecule has 2 aromatic carbocycles. The minimum Gasteiger partial charge on any atom is -0.477 e. The standard InChI is InChI=1S/C18H14ClN3O/c19-18-21-16-8-4-2-6-14(16)17(22-18)23-10-9-12-11-20-15-7-3-1-5-13(12)15/h1-8,11,20H,9-10H2. The first-order chi connectivity index (χ1) is 11.3. The summed E-state index contributed by atoms with van der Waals surface area (Å²) in [4.78, 5) is 11.7. The summed E-state index contributed by atoms with van der Waals surface area (Å²) in [6.45, 7) is 0.527. The summed E-state index contributed by atoms with van der Waals surface area (Å²) in [6, 6.07) is 15.9. The molecule has 114 valence electrons. The van der Waals surface area contributed by atoms with E-state index in [0.29, 0.717) is 12.5 Å². The van der Waals surface area contributed by atoms with Crippen molar-refractivity contribution in [1.29, 1.82) is 0 Å². The molecule has 23 heavy (non-hydrogen) atoms. The Morgan fingerprint density at radius 1 is 0.957 bits per heavy atom. The first-order valence-electron chi connectivity index (χ1n) is 7.41. The number of ether oxygens (including phenoxy) is 1. The van der Waals surface area contributed by atoms with Gasteiger partial charge in [-0.15, -0.1) is 0 Å². The van der Waals surface area contributed by atoms with E-state index < -0.39 is 0 Å². The second kappa shape index (κ2) is 5.89. The topological polar surface area (TPSA) is 50.8 Å². The van der Waals surface area contributed by atoms with Crippen molar-refractivity contribution in [3.8, 4) is 5.88 Å². The van der Waals surface area contributed by atoms with E-state index in [9.17, 15) is 0 Å². The smallest absolute Gasteiger partial charge is 0.226 e. The summed E-state index contributed by atoms with van der Waals surface area (Å²) < 4.78 is 5.87. The van der Waals surface area contributed by atoms with E-state index in [-0.39, 0.29) is 5.28 Å². The largest absolute Gasteiger partial charge is 0.477 e. The second-order valence-corrected chi connectivity index (χ2v) is 5.61. The molecule has 2 aromatic heterocycles. The maximum absolute atomic E-state index is 5.97. The van der Waals surface area contributed by atoms with Crippen LogP contribution in [-0.2, 0) is 6.42 Å². The highest BCUT2D eigenvalue weighted by Gasteiger charge is 2.08. The molecule has 0 unspecified atom stereocenters. The Morgan fingerprint density at radius 2 is 1.74 bits per heavy atom. The highest BCUT2D eigenvalue weighted by Crippen LogP contribution is 2.24. The van der Waals surface area contributed by atoms with Gasteiger partial charge in [-0.25, -0.2) is 4.98 Å². The van der Waals surface area contributed by atoms with E-state index >= 15 is 0 Å². The zero-order chi connectivity index (χ0) is 15.6. The fraction of sp³-hybridized carbons (Fsp3) is 0.111. The lowest BCUT2D eigenvalue weighted by molar-refractivity contribution is 0.314. The van der Waals surface area contributed by atoms with Gasteiger partial charge < -0.3 is 9.72 Å². The van der Waals surface area contributed by atoms with Crippen molar-refractivity contribution in [2.45, 2.75) is 6.42 Å². The van der Waals surface area contributed by atoms with Gasteiger partial charge in [0, 0.05) is 23.5 Å². The lowest BCUT2D eigenvalue weighted by Crippen LogP contribution is -2.03. The van der Waals surface area contributed by atoms with Crippen molar-refractivity contribution in [1.82, 2.24) is 15.0 Å². The Morgan fingerprint density at radius 3 is 2.65 bits per heavy atom. The number of aromatic nitrogens is 3. The van der Waals surface area contributed by atoms with Crippen molar-refractivity contribution >= 4 is 33.4 Å². The van der Waals surface area contributed by atoms with Gasteiger partial charge in [0.05, 0.1) is 17.5 Å². The van der Waals surface area contributed by atoms with E-state index in [1.165, 1.54) is 10.9 Å². The Labute approximate surface area is 138 Å². The van der Waals surface area contributed by atoms with Crippen LogP contribution in [0.4, 0.5) is 0 Å². The SMILES string of the molecule is Clc1nc(OCCc2c[nH]c3ccccc23)c2ccccc2n1. The van der Waals surface area contributed by atoms with Crippen LogP contribution in [0.1, 0.15) is 5.56 Å². The number of aromatic amines is 1. The van der Waals surface area contributed by atoms with Gasteiger partial charge in [-0.1, -0.05) is 30.3 Å². The minimum absolute atomic E-state index is 0.200. The highest BCUT2D eigenvalue weighted by atomic mass is 35.5. The van der Waals surface area contributed by atoms with Gasteiger partial charge in [0.1, 0.15) is 0 Å². The van der Waals surface area contributed by atoms with Crippen molar-refractivity contribution < 1.29 is 4.74 Å². The number of para-hydroxylation sites is 2. The van der Waals surface area contributed by atoms with Crippen molar-refractivity contribution in [3.05, 3.63) is 65.6 Å². The van der Waals surface area contributed by atoms with Crippen LogP contribution in [0.3, 0.4) is 0 Å². The van der Waals surface area contributed by atoms with Crippen LogP contribution in [0, 0.1) is 0 Å². The normalized spacial score (nSPS) is 11.2. The molecular weight excluding hydrogens is 310 g/mol. The lowest BCUT2D eigenvalue weighted by atomic mass is 10.1. The van der Waals surface area contributed by atoms with Crippen LogP contribution < -0.4 is 4.74 Å². The number of hydrogen-bond acceptors (Lipinski definition) is 3. The van der Waals surface area contributed by atoms with Gasteiger partial charge in [-0.2, -0.15) is 4.98 Å². The molecule has 1 N–H and O–H groups in total. The first-order valence-corrected chi connectivity index (χ1v) is 7.79. The summed E-state index contributed by atoms with van der Waals surface area (Å²) in [5.74, 6) is 0.528. The van der Waals surface area contributed by atoms with Crippen LogP contribution in [0.15, 0.2) is 54.7 Å². The zero-order valence-corrected chi connectivity index (χ0v) is 13.0. The molecule has 0 aliphatic rings. The summed E-state index contributed by atoms with van der Waals surface area (Å²) in [7, 11) is 0. The van der Waals surface area contributed by atoms with Crippen LogP contribution in [0.25, 0.3) is 21.8 Å². The molecule has 0 amide bonds. The minimum atomic E-state index is 0.200. The van der Waals surface area contributed by atoms with E-state index in [1.54, 1.807) is 0 Å². The number of nitrogens with zero attached hydrogens (tertiary/aromatic N) is 2. The summed E-state index contributed by atoms with van der Waals surface area (Å²) >= 11 is 5.97. The van der Waals surface area contributed by atoms with Gasteiger partial charge in [-0.05, 0) is 35.4 Å². The molecule has 0 aliphatic heterocycles. The van der Waals surface area contributed by atoms with E-state index in [0.717, 1.165) is 22.8 Å². The van der Waals surface area contributed by atoms with Crippen molar-refractivity contribution in [2.75, 3.05) is 6.61 Å². The number of nitrogens with one attached hydrogen (secondary N) is 1. The third-order valence-electron chi connectivity index (χ3n) is 3.83. The summed E-state index contributed by atoms with van der Waals surface area (Å²) in [6.07, 6.45) is 2.82. The van der Waals surface area contributed by atoms with Gasteiger partial charge in [0.25, 0.3) is 0 Å². The highest BCUT2D eigenvalue weighted by molar-refractivity contribution is 6.28. The summed E-state index contributed by atoms with van der Waals surface area (Å²) in [5.41, 5.74) is 3.15. The molecule has 0 fully saturated rings. The second-order valence-electron chi connectivity index (χ2n) is 5.27. The fourth-order valence-electron chi connectivity index (χ4n) is 2.73. The molecule has 4 aromatic rings. The maximum Gasteiger partial charge on any atom is 0.226 e. The Balaban J connectivity index is 1.55. The molecular formula is C18H14ClN3O. The zero-order valence-electron chi connectivity index (χ0n) is 12.3. The molecule has 0 bridgehead atoms. The van der Waals surface area contributed by atoms with Crippen LogP contribution >= 0.6 is 11.6 Å². The average Bonchev–Trinajstić information content (AvgIpc) is 2.98. The average molecular weight is 324 g/mol. The third-order valence-corrected chi connectivity index (χ3v) is 4.00. The number of halogens is 1. The van der Waals surface area contributed by atoms with E-state index in [2.05, 4.69) is 27.1 Å². The van der Waals surface area contributed by atoms with Gasteiger partial charge in [-0.3, -0.25) is 0 Å². The van der Waals surface area contributed by atoms with E-state index in [1.807, 2.05) is 42.6 Å². The van der Waals surface area contributed by atoms with Gasteiger partial charge >= 0.3 is 0 Å². The van der Waals surface area contributed by atoms with Crippen LogP contribution in [0.2, 0.25) is 5.28 Å². The predicted octanol–water partition coefficient (Wildman–Crippen LogP) is 4.39. The van der Waals surface area contributed by atoms with Gasteiger partial charge in [0.15, 0.2) is 0 Å². The Bertz CT molecular complexity index is 980. The summed E-state index contributed by atoms with van der Waals surface area (Å²) in [5, 5.41) is 2.29. The third kappa shape index (κ3) is 2.73.